The topological polar surface area (TPSA) is 40.5 Å². The Kier molecular flexibility index (Phi) is 4.46. The van der Waals surface area contributed by atoms with Crippen LogP contribution in [0.1, 0.15) is 38.1 Å². The van der Waals surface area contributed by atoms with E-state index in [4.69, 9.17) is 0 Å². The second kappa shape index (κ2) is 5.48. The zero-order valence-corrected chi connectivity index (χ0v) is 11.3. The third kappa shape index (κ3) is 3.53. The molecular weight excluding hydrogens is 233 g/mol. The van der Waals surface area contributed by atoms with E-state index >= 15 is 0 Å². The van der Waals surface area contributed by atoms with Gasteiger partial charge in [0.05, 0.1) is 16.9 Å². The molecule has 0 spiro atoms. The third-order valence-electron chi connectivity index (χ3n) is 2.64. The molecule has 0 heterocycles. The van der Waals surface area contributed by atoms with Crippen molar-refractivity contribution in [2.45, 2.75) is 33.3 Å². The van der Waals surface area contributed by atoms with Crippen LogP contribution < -0.4 is 4.90 Å². The lowest BCUT2D eigenvalue weighted by Crippen LogP contribution is -2.39. The normalized spacial score (nSPS) is 11.4. The lowest BCUT2D eigenvalue weighted by molar-refractivity contribution is 0.0872. The quantitative estimate of drug-likeness (QED) is 0.820. The Bertz CT molecular complexity index is 438. The summed E-state index contributed by atoms with van der Waals surface area (Å²) < 4.78 is 13.7. The fraction of sp³-hybridized carbons (Fsp3) is 0.500. The van der Waals surface area contributed by atoms with Crippen LogP contribution in [0.25, 0.3) is 0 Å². The average molecular weight is 253 g/mol. The van der Waals surface area contributed by atoms with Crippen molar-refractivity contribution in [3.05, 3.63) is 29.6 Å². The van der Waals surface area contributed by atoms with Crippen LogP contribution in [0.4, 0.5) is 10.1 Å². The molecule has 4 heteroatoms. The maximum Gasteiger partial charge on any atom is 0.164 e. The summed E-state index contributed by atoms with van der Waals surface area (Å²) in [5.41, 5.74) is -0.285. The predicted octanol–water partition coefficient (Wildman–Crippen LogP) is 2.63. The van der Waals surface area contributed by atoms with Gasteiger partial charge in [0.2, 0.25) is 0 Å². The highest BCUT2D eigenvalue weighted by Crippen LogP contribution is 2.25. The van der Waals surface area contributed by atoms with Gasteiger partial charge < -0.3 is 10.0 Å². The molecule has 1 rings (SSSR count). The average Bonchev–Trinajstić information content (AvgIpc) is 2.23. The van der Waals surface area contributed by atoms with Gasteiger partial charge in [0.15, 0.2) is 5.78 Å². The monoisotopic (exact) mass is 253 g/mol. The summed E-state index contributed by atoms with van der Waals surface area (Å²) >= 11 is 0. The van der Waals surface area contributed by atoms with Gasteiger partial charge in [-0.3, -0.25) is 4.79 Å². The van der Waals surface area contributed by atoms with Crippen LogP contribution in [0.2, 0.25) is 0 Å². The number of carbonyl (C=O) groups is 1. The molecule has 0 amide bonds. The van der Waals surface area contributed by atoms with E-state index in [1.807, 2.05) is 6.92 Å². The van der Waals surface area contributed by atoms with Gasteiger partial charge in [-0.1, -0.05) is 6.07 Å². The number of nitrogens with zero attached hydrogens (tertiary/aromatic N) is 1. The third-order valence-corrected chi connectivity index (χ3v) is 2.64. The Morgan fingerprint density at radius 3 is 2.50 bits per heavy atom. The summed E-state index contributed by atoms with van der Waals surface area (Å²) in [5, 5.41) is 9.86. The first-order valence-corrected chi connectivity index (χ1v) is 6.03. The van der Waals surface area contributed by atoms with Gasteiger partial charge >= 0.3 is 0 Å². The molecule has 0 aromatic heterocycles. The second-order valence-electron chi connectivity index (χ2n) is 5.02. The number of hydrogen-bond donors (Lipinski definition) is 1. The lowest BCUT2D eigenvalue weighted by Gasteiger charge is -2.31. The van der Waals surface area contributed by atoms with Crippen molar-refractivity contribution in [1.29, 1.82) is 0 Å². The molecule has 0 aliphatic heterocycles. The minimum absolute atomic E-state index is 0.0867. The number of anilines is 1. The van der Waals surface area contributed by atoms with Crippen LogP contribution >= 0.6 is 0 Å². The zero-order valence-electron chi connectivity index (χ0n) is 11.3. The Labute approximate surface area is 107 Å². The first-order valence-electron chi connectivity index (χ1n) is 6.03. The van der Waals surface area contributed by atoms with Crippen molar-refractivity contribution in [3.63, 3.8) is 0 Å². The SMILES string of the molecule is CCN(CC(C)(C)O)c1cccc(F)c1C(C)=O. The minimum atomic E-state index is -0.906. The van der Waals surface area contributed by atoms with Crippen LogP contribution in [0, 0.1) is 5.82 Å². The van der Waals surface area contributed by atoms with Gasteiger partial charge in [0, 0.05) is 13.1 Å². The molecule has 1 N–H and O–H groups in total. The molecule has 0 atom stereocenters. The van der Waals surface area contributed by atoms with Crippen molar-refractivity contribution in [2.75, 3.05) is 18.0 Å². The molecule has 0 radical (unpaired) electrons. The van der Waals surface area contributed by atoms with E-state index in [0.29, 0.717) is 18.8 Å². The summed E-state index contributed by atoms with van der Waals surface area (Å²) in [6.07, 6.45) is 0. The summed E-state index contributed by atoms with van der Waals surface area (Å²) in [6, 6.07) is 4.55. The molecule has 0 fully saturated rings. The molecule has 1 aromatic rings. The fourth-order valence-corrected chi connectivity index (χ4v) is 1.96. The summed E-state index contributed by atoms with van der Waals surface area (Å²) in [5.74, 6) is -0.827. The number of carbonyl (C=O) groups excluding carboxylic acids is 1. The standard InChI is InChI=1S/C14H20FNO2/c1-5-16(9-14(3,4)18)12-8-6-7-11(15)13(12)10(2)17/h6-8,18H,5,9H2,1-4H3. The first-order chi connectivity index (χ1) is 8.26. The largest absolute Gasteiger partial charge is 0.389 e. The Morgan fingerprint density at radius 1 is 1.44 bits per heavy atom. The van der Waals surface area contributed by atoms with E-state index in [1.165, 1.54) is 13.0 Å². The molecular formula is C14H20FNO2. The fourth-order valence-electron chi connectivity index (χ4n) is 1.96. The number of Topliss-reactive ketones (excluding diaryl/α,β-unsaturated/α-hetero) is 1. The van der Waals surface area contributed by atoms with Crippen molar-refractivity contribution in [3.8, 4) is 0 Å². The number of aliphatic hydroxyl groups is 1. The molecule has 0 aliphatic rings. The molecule has 3 nitrogen and oxygen atoms in total. The smallest absolute Gasteiger partial charge is 0.164 e. The van der Waals surface area contributed by atoms with E-state index in [0.717, 1.165) is 0 Å². The number of ketones is 1. The zero-order chi connectivity index (χ0) is 13.9. The highest BCUT2D eigenvalue weighted by atomic mass is 19.1. The van der Waals surface area contributed by atoms with Crippen LogP contribution in [-0.4, -0.2) is 29.6 Å². The Balaban J connectivity index is 3.21. The van der Waals surface area contributed by atoms with E-state index in [-0.39, 0.29) is 11.3 Å². The minimum Gasteiger partial charge on any atom is -0.389 e. The van der Waals surface area contributed by atoms with Crippen LogP contribution in [0.15, 0.2) is 18.2 Å². The highest BCUT2D eigenvalue weighted by molar-refractivity contribution is 6.00. The Morgan fingerprint density at radius 2 is 2.06 bits per heavy atom. The number of halogens is 1. The number of likely N-dealkylation sites (N-methyl/N-ethyl adjacent to an activating group) is 1. The van der Waals surface area contributed by atoms with Gasteiger partial charge in [-0.2, -0.15) is 0 Å². The molecule has 0 unspecified atom stereocenters. The molecule has 18 heavy (non-hydrogen) atoms. The van der Waals surface area contributed by atoms with Gasteiger partial charge in [-0.15, -0.1) is 0 Å². The summed E-state index contributed by atoms with van der Waals surface area (Å²) in [7, 11) is 0. The lowest BCUT2D eigenvalue weighted by atomic mass is 10.0. The maximum absolute atomic E-state index is 13.7. The molecule has 0 bridgehead atoms. The highest BCUT2D eigenvalue weighted by Gasteiger charge is 2.22. The molecule has 0 aliphatic carbocycles. The maximum atomic E-state index is 13.7. The number of hydrogen-bond acceptors (Lipinski definition) is 3. The van der Waals surface area contributed by atoms with Gasteiger partial charge in [-0.25, -0.2) is 4.39 Å². The van der Waals surface area contributed by atoms with Crippen molar-refractivity contribution >= 4 is 11.5 Å². The van der Waals surface area contributed by atoms with E-state index in [9.17, 15) is 14.3 Å². The number of rotatable bonds is 5. The molecule has 1 aromatic carbocycles. The molecule has 0 saturated carbocycles. The van der Waals surface area contributed by atoms with Crippen LogP contribution in [-0.2, 0) is 0 Å². The van der Waals surface area contributed by atoms with Crippen molar-refractivity contribution < 1.29 is 14.3 Å². The van der Waals surface area contributed by atoms with Crippen molar-refractivity contribution in [1.82, 2.24) is 0 Å². The van der Waals surface area contributed by atoms with E-state index < -0.39 is 11.4 Å². The number of benzene rings is 1. The molecule has 100 valence electrons. The summed E-state index contributed by atoms with van der Waals surface area (Å²) in [6.45, 7) is 7.55. The Hall–Kier alpha value is -1.42. The summed E-state index contributed by atoms with van der Waals surface area (Å²) in [4.78, 5) is 13.3. The first kappa shape index (κ1) is 14.6. The van der Waals surface area contributed by atoms with Crippen molar-refractivity contribution in [2.24, 2.45) is 0 Å². The van der Waals surface area contributed by atoms with Gasteiger partial charge in [-0.05, 0) is 39.8 Å². The molecule has 0 saturated heterocycles. The van der Waals surface area contributed by atoms with E-state index in [1.54, 1.807) is 30.9 Å². The van der Waals surface area contributed by atoms with Gasteiger partial charge in [0.25, 0.3) is 0 Å². The van der Waals surface area contributed by atoms with E-state index in [2.05, 4.69) is 0 Å². The van der Waals surface area contributed by atoms with Gasteiger partial charge in [0.1, 0.15) is 5.82 Å². The van der Waals surface area contributed by atoms with Crippen LogP contribution in [0.5, 0.6) is 0 Å². The van der Waals surface area contributed by atoms with Crippen LogP contribution in [0.3, 0.4) is 0 Å². The predicted molar refractivity (Wildman–Crippen MR) is 70.6 cm³/mol. The second-order valence-corrected chi connectivity index (χ2v) is 5.02.